The molecule has 0 radical (unpaired) electrons. The summed E-state index contributed by atoms with van der Waals surface area (Å²) in [7, 11) is -3.33. The predicted molar refractivity (Wildman–Crippen MR) is 93.9 cm³/mol. The number of nitrogens with zero attached hydrogens (tertiary/aromatic N) is 2. The molecule has 0 fully saturated rings. The number of amides is 1. The Morgan fingerprint density at radius 2 is 2.08 bits per heavy atom. The van der Waals surface area contributed by atoms with Crippen LogP contribution in [0.1, 0.15) is 28.4 Å². The van der Waals surface area contributed by atoms with Crippen LogP contribution >= 0.6 is 0 Å². The van der Waals surface area contributed by atoms with E-state index in [1.54, 1.807) is 24.4 Å². The molecular weight excluding hydrogens is 326 g/mol. The van der Waals surface area contributed by atoms with Crippen LogP contribution in [0.2, 0.25) is 0 Å². The van der Waals surface area contributed by atoms with Crippen molar-refractivity contribution in [1.82, 2.24) is 4.98 Å². The summed E-state index contributed by atoms with van der Waals surface area (Å²) in [5.74, 6) is 0.263. The molecule has 0 bridgehead atoms. The highest BCUT2D eigenvalue weighted by Gasteiger charge is 2.32. The van der Waals surface area contributed by atoms with Crippen molar-refractivity contribution in [2.24, 2.45) is 0 Å². The molecule has 0 spiro atoms. The summed E-state index contributed by atoms with van der Waals surface area (Å²) in [6, 6.07) is 8.62. The number of sulfonamides is 1. The van der Waals surface area contributed by atoms with E-state index in [9.17, 15) is 13.2 Å². The molecule has 3 rings (SSSR count). The SMILES string of the molecule is Cc1cccnc1NC(=O)c1ccc2c(c1)C[C@H](C)N2S(C)(=O)=O. The number of carbonyl (C=O) groups excluding carboxylic acids is 1. The van der Waals surface area contributed by atoms with Gasteiger partial charge in [0.1, 0.15) is 5.82 Å². The van der Waals surface area contributed by atoms with Gasteiger partial charge in [-0.15, -0.1) is 0 Å². The van der Waals surface area contributed by atoms with Gasteiger partial charge in [0.25, 0.3) is 5.91 Å². The molecule has 2 aromatic rings. The van der Waals surface area contributed by atoms with Gasteiger partial charge in [-0.25, -0.2) is 13.4 Å². The topological polar surface area (TPSA) is 79.4 Å². The number of fused-ring (bicyclic) bond motifs is 1. The number of hydrogen-bond acceptors (Lipinski definition) is 4. The third kappa shape index (κ3) is 2.99. The molecule has 1 aromatic heterocycles. The molecule has 0 saturated carbocycles. The normalized spacial score (nSPS) is 16.8. The summed E-state index contributed by atoms with van der Waals surface area (Å²) in [6.07, 6.45) is 3.41. The van der Waals surface area contributed by atoms with E-state index in [2.05, 4.69) is 10.3 Å². The monoisotopic (exact) mass is 345 g/mol. The van der Waals surface area contributed by atoms with Gasteiger partial charge in [-0.05, 0) is 55.7 Å². The summed E-state index contributed by atoms with van der Waals surface area (Å²) >= 11 is 0. The average Bonchev–Trinajstić information content (AvgIpc) is 2.84. The Bertz CT molecular complexity index is 909. The fourth-order valence-corrected chi connectivity index (χ4v) is 4.31. The van der Waals surface area contributed by atoms with Crippen LogP contribution in [0.4, 0.5) is 11.5 Å². The summed E-state index contributed by atoms with van der Waals surface area (Å²) in [6.45, 7) is 3.73. The maximum Gasteiger partial charge on any atom is 0.256 e. The van der Waals surface area contributed by atoms with E-state index in [0.717, 1.165) is 11.1 Å². The quantitative estimate of drug-likeness (QED) is 0.926. The lowest BCUT2D eigenvalue weighted by Gasteiger charge is -2.21. The van der Waals surface area contributed by atoms with Crippen LogP contribution in [-0.4, -0.2) is 31.6 Å². The van der Waals surface area contributed by atoms with Crippen molar-refractivity contribution in [3.63, 3.8) is 0 Å². The number of pyridine rings is 1. The zero-order valence-corrected chi connectivity index (χ0v) is 14.6. The Labute approximate surface area is 141 Å². The molecular formula is C17H19N3O3S. The molecule has 0 aliphatic carbocycles. The Morgan fingerprint density at radius 1 is 1.33 bits per heavy atom. The van der Waals surface area contributed by atoms with Gasteiger partial charge < -0.3 is 5.32 Å². The second kappa shape index (κ2) is 5.90. The number of hydrogen-bond donors (Lipinski definition) is 1. The van der Waals surface area contributed by atoms with Gasteiger partial charge in [-0.2, -0.15) is 0 Å². The molecule has 1 aliphatic rings. The largest absolute Gasteiger partial charge is 0.306 e. The van der Waals surface area contributed by atoms with E-state index in [1.807, 2.05) is 26.0 Å². The molecule has 6 nitrogen and oxygen atoms in total. The number of aromatic nitrogens is 1. The molecule has 1 atom stereocenters. The number of nitrogens with one attached hydrogen (secondary N) is 1. The van der Waals surface area contributed by atoms with Gasteiger partial charge in [0, 0.05) is 17.8 Å². The van der Waals surface area contributed by atoms with Gasteiger partial charge in [-0.3, -0.25) is 9.10 Å². The van der Waals surface area contributed by atoms with Gasteiger partial charge in [0.2, 0.25) is 10.0 Å². The van der Waals surface area contributed by atoms with Crippen molar-refractivity contribution in [3.8, 4) is 0 Å². The zero-order chi connectivity index (χ0) is 17.5. The highest BCUT2D eigenvalue weighted by Crippen LogP contribution is 2.34. The Morgan fingerprint density at radius 3 is 2.75 bits per heavy atom. The number of anilines is 2. The van der Waals surface area contributed by atoms with Crippen molar-refractivity contribution in [2.45, 2.75) is 26.3 Å². The fourth-order valence-electron chi connectivity index (χ4n) is 3.05. The molecule has 1 N–H and O–H groups in total. The Kier molecular flexibility index (Phi) is 4.04. The molecule has 1 amide bonds. The van der Waals surface area contributed by atoms with E-state index in [4.69, 9.17) is 0 Å². The smallest absolute Gasteiger partial charge is 0.256 e. The lowest BCUT2D eigenvalue weighted by atomic mass is 10.1. The third-order valence-electron chi connectivity index (χ3n) is 4.09. The molecule has 1 aliphatic heterocycles. The summed E-state index contributed by atoms with van der Waals surface area (Å²) < 4.78 is 25.3. The van der Waals surface area contributed by atoms with Crippen molar-refractivity contribution in [2.75, 3.05) is 15.9 Å². The van der Waals surface area contributed by atoms with E-state index in [1.165, 1.54) is 10.6 Å². The summed E-state index contributed by atoms with van der Waals surface area (Å²) in [5, 5.41) is 2.79. The standard InChI is InChI=1S/C17H19N3O3S/c1-11-5-4-8-18-16(11)19-17(21)13-6-7-15-14(10-13)9-12(2)20(15)24(3,22)23/h4-8,10,12H,9H2,1-3H3,(H,18,19,21)/t12-/m0/s1. The zero-order valence-electron chi connectivity index (χ0n) is 13.8. The van der Waals surface area contributed by atoms with E-state index in [0.29, 0.717) is 23.5 Å². The highest BCUT2D eigenvalue weighted by atomic mass is 32.2. The maximum absolute atomic E-state index is 12.4. The van der Waals surface area contributed by atoms with Crippen molar-refractivity contribution < 1.29 is 13.2 Å². The molecule has 7 heteroatoms. The molecule has 0 unspecified atom stereocenters. The molecule has 24 heavy (non-hydrogen) atoms. The Hall–Kier alpha value is -2.41. The van der Waals surface area contributed by atoms with Gasteiger partial charge in [-0.1, -0.05) is 6.07 Å². The highest BCUT2D eigenvalue weighted by molar-refractivity contribution is 7.92. The first kappa shape index (κ1) is 16.4. The lowest BCUT2D eigenvalue weighted by molar-refractivity contribution is 0.102. The van der Waals surface area contributed by atoms with Crippen LogP contribution in [0, 0.1) is 6.92 Å². The summed E-state index contributed by atoms with van der Waals surface area (Å²) in [5.41, 5.74) is 2.87. The number of aryl methyl sites for hydroxylation is 1. The van der Waals surface area contributed by atoms with Gasteiger partial charge in [0.15, 0.2) is 0 Å². The van der Waals surface area contributed by atoms with Crippen LogP contribution in [0.3, 0.4) is 0 Å². The minimum atomic E-state index is -3.33. The number of benzene rings is 1. The minimum Gasteiger partial charge on any atom is -0.306 e. The van der Waals surface area contributed by atoms with Crippen LogP contribution in [0.5, 0.6) is 0 Å². The van der Waals surface area contributed by atoms with Crippen LogP contribution < -0.4 is 9.62 Å². The molecule has 126 valence electrons. The van der Waals surface area contributed by atoms with E-state index in [-0.39, 0.29) is 11.9 Å². The first-order chi connectivity index (χ1) is 11.3. The fraction of sp³-hybridized carbons (Fsp3) is 0.294. The van der Waals surface area contributed by atoms with Crippen molar-refractivity contribution >= 4 is 27.4 Å². The van der Waals surface area contributed by atoms with Gasteiger partial charge >= 0.3 is 0 Å². The second-order valence-corrected chi connectivity index (χ2v) is 7.94. The van der Waals surface area contributed by atoms with E-state index < -0.39 is 10.0 Å². The van der Waals surface area contributed by atoms with Crippen LogP contribution in [0.15, 0.2) is 36.5 Å². The Balaban J connectivity index is 1.89. The van der Waals surface area contributed by atoms with Gasteiger partial charge in [0.05, 0.1) is 11.9 Å². The second-order valence-electron chi connectivity index (χ2n) is 6.08. The van der Waals surface area contributed by atoms with Crippen LogP contribution in [0.25, 0.3) is 0 Å². The maximum atomic E-state index is 12.4. The van der Waals surface area contributed by atoms with E-state index >= 15 is 0 Å². The van der Waals surface area contributed by atoms with Crippen molar-refractivity contribution in [1.29, 1.82) is 0 Å². The first-order valence-corrected chi connectivity index (χ1v) is 9.47. The molecule has 1 aromatic carbocycles. The van der Waals surface area contributed by atoms with Crippen molar-refractivity contribution in [3.05, 3.63) is 53.2 Å². The average molecular weight is 345 g/mol. The molecule has 0 saturated heterocycles. The lowest BCUT2D eigenvalue weighted by Crippen LogP contribution is -2.34. The number of rotatable bonds is 3. The van der Waals surface area contributed by atoms with Crippen LogP contribution in [-0.2, 0) is 16.4 Å². The summed E-state index contributed by atoms with van der Waals surface area (Å²) in [4.78, 5) is 16.6. The third-order valence-corrected chi connectivity index (χ3v) is 5.36. The first-order valence-electron chi connectivity index (χ1n) is 7.62. The number of carbonyl (C=O) groups is 1. The molecule has 2 heterocycles. The minimum absolute atomic E-state index is 0.147. The predicted octanol–water partition coefficient (Wildman–Crippen LogP) is 2.35.